The van der Waals surface area contributed by atoms with Gasteiger partial charge in [-0.3, -0.25) is 9.59 Å². The van der Waals surface area contributed by atoms with E-state index in [9.17, 15) is 9.59 Å². The summed E-state index contributed by atoms with van der Waals surface area (Å²) in [6, 6.07) is 7.01. The molecule has 1 aromatic rings. The molecule has 0 bridgehead atoms. The van der Waals surface area contributed by atoms with Crippen molar-refractivity contribution in [2.45, 2.75) is 13.8 Å². The third kappa shape index (κ3) is 7.17. The number of hydrogen-bond acceptors (Lipinski definition) is 6. The molecule has 0 fully saturated rings. The van der Waals surface area contributed by atoms with Crippen molar-refractivity contribution in [2.24, 2.45) is 0 Å². The van der Waals surface area contributed by atoms with Gasteiger partial charge in [0.2, 0.25) is 0 Å². The highest BCUT2D eigenvalue weighted by Gasteiger charge is 2.22. The normalized spacial score (nSPS) is 10.5. The van der Waals surface area contributed by atoms with Crippen molar-refractivity contribution in [1.29, 1.82) is 0 Å². The summed E-state index contributed by atoms with van der Waals surface area (Å²) in [7, 11) is 5.24. The molecule has 142 valence electrons. The standard InChI is InChI=1S/C19H26N2O3S2/c1-6-25-19(26-7-2)17(16(22)12-13-21(3)4)18(23)20-14-8-10-15(24-5)11-9-14/h8-13H,6-7H2,1-5H3,(H,20,23)/b13-12+. The van der Waals surface area contributed by atoms with Gasteiger partial charge in [-0.15, -0.1) is 23.5 Å². The number of allylic oxidation sites excluding steroid dienone is 1. The van der Waals surface area contributed by atoms with Gasteiger partial charge in [-0.1, -0.05) is 13.8 Å². The summed E-state index contributed by atoms with van der Waals surface area (Å²) >= 11 is 3.02. The minimum atomic E-state index is -0.402. The number of hydrogen-bond donors (Lipinski definition) is 1. The Hall–Kier alpha value is -1.86. The van der Waals surface area contributed by atoms with Crippen LogP contribution in [0.1, 0.15) is 13.8 Å². The van der Waals surface area contributed by atoms with E-state index in [0.717, 1.165) is 15.7 Å². The summed E-state index contributed by atoms with van der Waals surface area (Å²) in [6.07, 6.45) is 3.07. The van der Waals surface area contributed by atoms with Gasteiger partial charge in [0.15, 0.2) is 5.78 Å². The number of methoxy groups -OCH3 is 1. The van der Waals surface area contributed by atoms with Crippen LogP contribution < -0.4 is 10.1 Å². The molecule has 0 aliphatic rings. The first-order valence-electron chi connectivity index (χ1n) is 8.27. The first-order valence-corrected chi connectivity index (χ1v) is 10.2. The van der Waals surface area contributed by atoms with Crippen molar-refractivity contribution in [3.8, 4) is 5.75 Å². The largest absolute Gasteiger partial charge is 0.497 e. The van der Waals surface area contributed by atoms with Crippen LogP contribution >= 0.6 is 23.5 Å². The van der Waals surface area contributed by atoms with Crippen LogP contribution in [-0.2, 0) is 9.59 Å². The number of benzene rings is 1. The lowest BCUT2D eigenvalue weighted by molar-refractivity contribution is -0.117. The molecule has 0 heterocycles. The third-order valence-corrected chi connectivity index (χ3v) is 5.32. The van der Waals surface area contributed by atoms with Crippen LogP contribution in [0.4, 0.5) is 5.69 Å². The van der Waals surface area contributed by atoms with Gasteiger partial charge < -0.3 is 15.0 Å². The van der Waals surface area contributed by atoms with Crippen LogP contribution in [-0.4, -0.2) is 49.3 Å². The Balaban J connectivity index is 3.17. The number of thioether (sulfide) groups is 2. The average molecular weight is 395 g/mol. The van der Waals surface area contributed by atoms with E-state index in [-0.39, 0.29) is 11.4 Å². The summed E-state index contributed by atoms with van der Waals surface area (Å²) in [4.78, 5) is 27.3. The maximum atomic E-state index is 12.8. The van der Waals surface area contributed by atoms with Gasteiger partial charge >= 0.3 is 0 Å². The quantitative estimate of drug-likeness (QED) is 0.368. The molecule has 26 heavy (non-hydrogen) atoms. The Morgan fingerprint density at radius 2 is 1.69 bits per heavy atom. The molecule has 5 nitrogen and oxygen atoms in total. The molecule has 7 heteroatoms. The molecule has 0 saturated carbocycles. The molecule has 1 aromatic carbocycles. The van der Waals surface area contributed by atoms with Crippen molar-refractivity contribution in [2.75, 3.05) is 38.0 Å². The number of ketones is 1. The summed E-state index contributed by atoms with van der Waals surface area (Å²) in [5.74, 6) is 1.56. The van der Waals surface area contributed by atoms with Crippen molar-refractivity contribution < 1.29 is 14.3 Å². The monoisotopic (exact) mass is 394 g/mol. The fraction of sp³-hybridized carbons (Fsp3) is 0.368. The van der Waals surface area contributed by atoms with Crippen LogP contribution in [0, 0.1) is 0 Å². The predicted octanol–water partition coefficient (Wildman–Crippen LogP) is 4.00. The number of carbonyl (C=O) groups excluding carboxylic acids is 2. The lowest BCUT2D eigenvalue weighted by atomic mass is 10.1. The van der Waals surface area contributed by atoms with Crippen LogP contribution in [0.15, 0.2) is 46.4 Å². The molecule has 1 rings (SSSR count). The van der Waals surface area contributed by atoms with Crippen molar-refractivity contribution in [1.82, 2.24) is 4.90 Å². The van der Waals surface area contributed by atoms with Crippen molar-refractivity contribution in [3.63, 3.8) is 0 Å². The Morgan fingerprint density at radius 3 is 2.15 bits per heavy atom. The predicted molar refractivity (Wildman–Crippen MR) is 113 cm³/mol. The van der Waals surface area contributed by atoms with E-state index >= 15 is 0 Å². The minimum absolute atomic E-state index is 0.178. The van der Waals surface area contributed by atoms with Gasteiger partial charge in [-0.25, -0.2) is 0 Å². The number of carbonyl (C=O) groups is 2. The SMILES string of the molecule is CCSC(SCC)=C(C(=O)/C=C/N(C)C)C(=O)Nc1ccc(OC)cc1. The van der Waals surface area contributed by atoms with E-state index in [1.807, 2.05) is 27.9 Å². The maximum absolute atomic E-state index is 12.8. The van der Waals surface area contributed by atoms with Crippen LogP contribution in [0.2, 0.25) is 0 Å². The number of amides is 1. The van der Waals surface area contributed by atoms with Gasteiger partial charge in [-0.2, -0.15) is 0 Å². The van der Waals surface area contributed by atoms with E-state index in [1.165, 1.54) is 29.6 Å². The van der Waals surface area contributed by atoms with E-state index in [4.69, 9.17) is 4.74 Å². The van der Waals surface area contributed by atoms with Crippen molar-refractivity contribution in [3.05, 3.63) is 46.4 Å². The number of anilines is 1. The second-order valence-electron chi connectivity index (χ2n) is 5.35. The molecule has 0 radical (unpaired) electrons. The topological polar surface area (TPSA) is 58.6 Å². The van der Waals surface area contributed by atoms with Gasteiger partial charge in [0, 0.05) is 32.1 Å². The molecule has 0 atom stereocenters. The molecule has 0 spiro atoms. The molecule has 0 unspecified atom stereocenters. The molecule has 0 aromatic heterocycles. The smallest absolute Gasteiger partial charge is 0.261 e. The Kier molecular flexibility index (Phi) is 9.98. The zero-order valence-electron chi connectivity index (χ0n) is 15.9. The van der Waals surface area contributed by atoms with E-state index in [2.05, 4.69) is 5.32 Å². The Bertz CT molecular complexity index is 660. The van der Waals surface area contributed by atoms with Gasteiger partial charge in [-0.05, 0) is 35.8 Å². The highest BCUT2D eigenvalue weighted by Crippen LogP contribution is 2.32. The highest BCUT2D eigenvalue weighted by atomic mass is 32.2. The lowest BCUT2D eigenvalue weighted by Gasteiger charge is -2.13. The molecule has 1 N–H and O–H groups in total. The first kappa shape index (κ1) is 22.2. The first-order chi connectivity index (χ1) is 12.4. The molecular weight excluding hydrogens is 368 g/mol. The number of nitrogens with one attached hydrogen (secondary N) is 1. The van der Waals surface area contributed by atoms with E-state index in [0.29, 0.717) is 11.4 Å². The van der Waals surface area contributed by atoms with Crippen molar-refractivity contribution >= 4 is 40.9 Å². The van der Waals surface area contributed by atoms with Crippen LogP contribution in [0.3, 0.4) is 0 Å². The third-order valence-electron chi connectivity index (χ3n) is 3.10. The van der Waals surface area contributed by atoms with Gasteiger partial charge in [0.25, 0.3) is 5.91 Å². The molecule has 0 saturated heterocycles. The summed E-state index contributed by atoms with van der Waals surface area (Å²) in [5, 5.41) is 2.81. The molecule has 1 amide bonds. The molecule has 0 aliphatic heterocycles. The number of rotatable bonds is 10. The van der Waals surface area contributed by atoms with Gasteiger partial charge in [0.05, 0.1) is 11.3 Å². The fourth-order valence-electron chi connectivity index (χ4n) is 1.92. The summed E-state index contributed by atoms with van der Waals surface area (Å²) < 4.78 is 5.86. The second-order valence-corrected chi connectivity index (χ2v) is 8.16. The zero-order valence-corrected chi connectivity index (χ0v) is 17.5. The van der Waals surface area contributed by atoms with Crippen LogP contribution in [0.25, 0.3) is 0 Å². The van der Waals surface area contributed by atoms with E-state index < -0.39 is 5.91 Å². The Morgan fingerprint density at radius 1 is 1.12 bits per heavy atom. The lowest BCUT2D eigenvalue weighted by Crippen LogP contribution is -2.21. The molecular formula is C19H26N2O3S2. The summed E-state index contributed by atoms with van der Waals surface area (Å²) in [6.45, 7) is 4.00. The van der Waals surface area contributed by atoms with E-state index in [1.54, 1.807) is 42.5 Å². The second kappa shape index (κ2) is 11.7. The zero-order chi connectivity index (χ0) is 19.5. The average Bonchev–Trinajstić information content (AvgIpc) is 2.61. The summed E-state index contributed by atoms with van der Waals surface area (Å²) in [5.41, 5.74) is 0.789. The van der Waals surface area contributed by atoms with Gasteiger partial charge in [0.1, 0.15) is 11.3 Å². The Labute approximate surface area is 164 Å². The number of nitrogens with zero attached hydrogens (tertiary/aromatic N) is 1. The molecule has 0 aliphatic carbocycles. The maximum Gasteiger partial charge on any atom is 0.261 e. The number of ether oxygens (including phenoxy) is 1. The fourth-order valence-corrected chi connectivity index (χ4v) is 4.16. The van der Waals surface area contributed by atoms with Crippen LogP contribution in [0.5, 0.6) is 5.75 Å². The highest BCUT2D eigenvalue weighted by molar-refractivity contribution is 8.22. The minimum Gasteiger partial charge on any atom is -0.497 e.